The zero-order chi connectivity index (χ0) is 16.8. The zero-order valence-corrected chi connectivity index (χ0v) is 14.3. The summed E-state index contributed by atoms with van der Waals surface area (Å²) in [6.45, 7) is 3.04. The molecule has 1 atom stereocenters. The maximum Gasteiger partial charge on any atom is 0.238 e. The minimum Gasteiger partial charge on any atom is -0.492 e. The zero-order valence-electron chi connectivity index (χ0n) is 13.5. The summed E-state index contributed by atoms with van der Waals surface area (Å²) in [6, 6.07) is 7.37. The first-order valence-electron chi connectivity index (χ1n) is 7.03. The van der Waals surface area contributed by atoms with Gasteiger partial charge in [0.05, 0.1) is 0 Å². The maximum absolute atomic E-state index is 11.8. The number of likely N-dealkylation sites (N-methyl/N-ethyl adjacent to an activating group) is 1. The molecule has 1 aromatic rings. The van der Waals surface area contributed by atoms with Crippen LogP contribution in [-0.2, 0) is 21.2 Å². The summed E-state index contributed by atoms with van der Waals surface area (Å²) in [7, 11) is 0.565. The Labute approximate surface area is 132 Å². The predicted octanol–water partition coefficient (Wildman–Crippen LogP) is 0.676. The molecule has 6 nitrogen and oxygen atoms in total. The van der Waals surface area contributed by atoms with Crippen LogP contribution in [0.25, 0.3) is 0 Å². The summed E-state index contributed by atoms with van der Waals surface area (Å²) < 4.78 is 28.3. The van der Waals surface area contributed by atoms with Crippen LogP contribution in [0, 0.1) is 0 Å². The van der Waals surface area contributed by atoms with Gasteiger partial charge in [-0.2, -0.15) is 0 Å². The van der Waals surface area contributed by atoms with E-state index in [0.717, 1.165) is 24.1 Å². The molecule has 0 unspecified atom stereocenters. The van der Waals surface area contributed by atoms with Gasteiger partial charge in [0.2, 0.25) is 5.91 Å². The van der Waals surface area contributed by atoms with Crippen LogP contribution in [0.3, 0.4) is 0 Å². The molecule has 1 amide bonds. The van der Waals surface area contributed by atoms with Crippen LogP contribution in [-0.4, -0.2) is 58.0 Å². The molecule has 0 bridgehead atoms. The number of amides is 1. The van der Waals surface area contributed by atoms with Crippen molar-refractivity contribution in [1.82, 2.24) is 10.2 Å². The molecule has 0 aliphatic heterocycles. The second-order valence-electron chi connectivity index (χ2n) is 5.49. The molecule has 1 N–H and O–H groups in total. The highest BCUT2D eigenvalue weighted by Crippen LogP contribution is 2.13. The topological polar surface area (TPSA) is 75.7 Å². The summed E-state index contributed by atoms with van der Waals surface area (Å²) in [4.78, 5) is 13.8. The van der Waals surface area contributed by atoms with E-state index >= 15 is 0 Å². The fourth-order valence-electron chi connectivity index (χ4n) is 1.62. The van der Waals surface area contributed by atoms with E-state index in [1.54, 1.807) is 0 Å². The summed E-state index contributed by atoms with van der Waals surface area (Å²) in [6.07, 6.45) is 1.05. The number of hydrogen-bond acceptors (Lipinski definition) is 5. The summed E-state index contributed by atoms with van der Waals surface area (Å²) >= 11 is 0. The number of sulfone groups is 1. The van der Waals surface area contributed by atoms with Gasteiger partial charge in [0.15, 0.2) is 9.84 Å². The van der Waals surface area contributed by atoms with Gasteiger partial charge in [0.25, 0.3) is 0 Å². The highest BCUT2D eigenvalue weighted by molar-refractivity contribution is 7.92. The van der Waals surface area contributed by atoms with E-state index in [1.807, 2.05) is 43.3 Å². The third-order valence-corrected chi connectivity index (χ3v) is 4.68. The Bertz CT molecular complexity index is 599. The largest absolute Gasteiger partial charge is 0.492 e. The number of nitrogens with zero attached hydrogens (tertiary/aromatic N) is 1. The highest BCUT2D eigenvalue weighted by atomic mass is 32.2. The van der Waals surface area contributed by atoms with Gasteiger partial charge in [-0.1, -0.05) is 12.1 Å². The summed E-state index contributed by atoms with van der Waals surface area (Å²) in [5, 5.41) is 1.58. The Hall–Kier alpha value is -1.60. The molecule has 0 fully saturated rings. The third-order valence-electron chi connectivity index (χ3n) is 3.18. The molecule has 0 spiro atoms. The van der Waals surface area contributed by atoms with Gasteiger partial charge in [0.1, 0.15) is 17.6 Å². The molecule has 0 aromatic heterocycles. The monoisotopic (exact) mass is 328 g/mol. The Balaban J connectivity index is 2.55. The van der Waals surface area contributed by atoms with Gasteiger partial charge >= 0.3 is 0 Å². The molecule has 1 aromatic carbocycles. The number of ether oxygens (including phenoxy) is 1. The van der Waals surface area contributed by atoms with E-state index in [-0.39, 0.29) is 6.54 Å². The number of hydrogen-bond donors (Lipinski definition) is 1. The molecular formula is C15H24N2O4S. The molecule has 0 saturated carbocycles. The minimum atomic E-state index is -3.38. The fourth-order valence-corrected chi connectivity index (χ4v) is 2.09. The highest BCUT2D eigenvalue weighted by Gasteiger charge is 2.22. The fraction of sp³-hybridized carbons (Fsp3) is 0.533. The van der Waals surface area contributed by atoms with Crippen molar-refractivity contribution in [2.24, 2.45) is 0 Å². The van der Waals surface area contributed by atoms with Crippen LogP contribution in [0.15, 0.2) is 24.3 Å². The van der Waals surface area contributed by atoms with Crippen molar-refractivity contribution in [1.29, 1.82) is 0 Å². The normalized spacial score (nSPS) is 13.0. The molecule has 124 valence electrons. The molecule has 0 aliphatic carbocycles. The first-order valence-corrected chi connectivity index (χ1v) is 8.98. The molecule has 0 aliphatic rings. The van der Waals surface area contributed by atoms with Crippen molar-refractivity contribution in [3.8, 4) is 5.75 Å². The molecule has 0 radical (unpaired) electrons. The van der Waals surface area contributed by atoms with Gasteiger partial charge in [-0.05, 0) is 38.7 Å². The van der Waals surface area contributed by atoms with E-state index in [0.29, 0.717) is 6.61 Å². The van der Waals surface area contributed by atoms with E-state index in [2.05, 4.69) is 5.32 Å². The van der Waals surface area contributed by atoms with Gasteiger partial charge < -0.3 is 15.0 Å². The average molecular weight is 328 g/mol. The van der Waals surface area contributed by atoms with Gasteiger partial charge in [-0.25, -0.2) is 8.42 Å². The van der Waals surface area contributed by atoms with E-state index in [4.69, 9.17) is 4.74 Å². The van der Waals surface area contributed by atoms with Crippen LogP contribution >= 0.6 is 0 Å². The maximum atomic E-state index is 11.8. The number of nitrogens with one attached hydrogen (secondary N) is 1. The molecule has 7 heteroatoms. The summed E-state index contributed by atoms with van der Waals surface area (Å²) in [5.74, 6) is 0.228. The molecular weight excluding hydrogens is 304 g/mol. The SMILES string of the molecule is C[C@H](C(=O)NCc1cccc(OCCN(C)C)c1)S(C)(=O)=O. The van der Waals surface area contributed by atoms with Crippen LogP contribution in [0.2, 0.25) is 0 Å². The van der Waals surface area contributed by atoms with Crippen LogP contribution < -0.4 is 10.1 Å². The third kappa shape index (κ3) is 6.44. The second-order valence-corrected chi connectivity index (χ2v) is 7.85. The van der Waals surface area contributed by atoms with E-state index < -0.39 is 21.0 Å². The lowest BCUT2D eigenvalue weighted by molar-refractivity contribution is -0.120. The van der Waals surface area contributed by atoms with Crippen LogP contribution in [0.5, 0.6) is 5.75 Å². The van der Waals surface area contributed by atoms with Gasteiger partial charge in [0, 0.05) is 19.3 Å². The Morgan fingerprint density at radius 1 is 1.36 bits per heavy atom. The van der Waals surface area contributed by atoms with Crippen molar-refractivity contribution in [2.45, 2.75) is 18.7 Å². The van der Waals surface area contributed by atoms with Gasteiger partial charge in [-0.15, -0.1) is 0 Å². The van der Waals surface area contributed by atoms with Crippen molar-refractivity contribution < 1.29 is 17.9 Å². The van der Waals surface area contributed by atoms with Crippen molar-refractivity contribution in [3.05, 3.63) is 29.8 Å². The average Bonchev–Trinajstić information content (AvgIpc) is 2.43. The van der Waals surface area contributed by atoms with Gasteiger partial charge in [-0.3, -0.25) is 4.79 Å². The lowest BCUT2D eigenvalue weighted by Gasteiger charge is -2.13. The predicted molar refractivity (Wildman–Crippen MR) is 86.6 cm³/mol. The first kappa shape index (κ1) is 18.4. The van der Waals surface area contributed by atoms with Crippen molar-refractivity contribution in [3.63, 3.8) is 0 Å². The van der Waals surface area contributed by atoms with Crippen LogP contribution in [0.4, 0.5) is 0 Å². The molecule has 22 heavy (non-hydrogen) atoms. The van der Waals surface area contributed by atoms with E-state index in [1.165, 1.54) is 6.92 Å². The smallest absolute Gasteiger partial charge is 0.238 e. The molecule has 0 heterocycles. The number of carbonyl (C=O) groups is 1. The Kier molecular flexibility index (Phi) is 6.83. The number of rotatable bonds is 8. The van der Waals surface area contributed by atoms with Crippen molar-refractivity contribution in [2.75, 3.05) is 33.5 Å². The Morgan fingerprint density at radius 2 is 2.05 bits per heavy atom. The van der Waals surface area contributed by atoms with Crippen LogP contribution in [0.1, 0.15) is 12.5 Å². The van der Waals surface area contributed by atoms with E-state index in [9.17, 15) is 13.2 Å². The second kappa shape index (κ2) is 8.14. The standard InChI is InChI=1S/C15H24N2O4S/c1-12(22(4,19)20)15(18)16-11-13-6-5-7-14(10-13)21-9-8-17(2)3/h5-7,10,12H,8-9,11H2,1-4H3,(H,16,18)/t12-/m1/s1. The number of carbonyl (C=O) groups excluding carboxylic acids is 1. The number of benzene rings is 1. The minimum absolute atomic E-state index is 0.267. The molecule has 1 rings (SSSR count). The summed E-state index contributed by atoms with van der Waals surface area (Å²) in [5.41, 5.74) is 0.858. The first-order chi connectivity index (χ1) is 10.2. The molecule has 0 saturated heterocycles. The lowest BCUT2D eigenvalue weighted by Crippen LogP contribution is -2.36. The quantitative estimate of drug-likeness (QED) is 0.759. The Morgan fingerprint density at radius 3 is 2.64 bits per heavy atom. The lowest BCUT2D eigenvalue weighted by atomic mass is 10.2. The van der Waals surface area contributed by atoms with Crippen molar-refractivity contribution >= 4 is 15.7 Å².